The Morgan fingerprint density at radius 2 is 2.14 bits per heavy atom. The molecule has 1 aromatic rings. The van der Waals surface area contributed by atoms with Gasteiger partial charge in [0.2, 0.25) is 0 Å². The predicted octanol–water partition coefficient (Wildman–Crippen LogP) is 5.29. The van der Waals surface area contributed by atoms with Crippen LogP contribution in [0.5, 0.6) is 0 Å². The molecule has 2 atom stereocenters. The van der Waals surface area contributed by atoms with Gasteiger partial charge < -0.3 is 0 Å². The Bertz CT molecular complexity index is 542. The van der Waals surface area contributed by atoms with Crippen molar-refractivity contribution in [2.45, 2.75) is 61.3 Å². The minimum atomic E-state index is -0.389. The highest BCUT2D eigenvalue weighted by molar-refractivity contribution is 8.00. The van der Waals surface area contributed by atoms with E-state index in [-0.39, 0.29) is 5.54 Å². The zero-order valence-corrected chi connectivity index (χ0v) is 14.7. The molecule has 1 aromatic carbocycles. The molecular formula is C16H20Cl2N2S. The first kappa shape index (κ1) is 17.0. The van der Waals surface area contributed by atoms with Crippen LogP contribution < -0.4 is 5.32 Å². The molecule has 114 valence electrons. The third kappa shape index (κ3) is 4.53. The lowest BCUT2D eigenvalue weighted by molar-refractivity contribution is 0.284. The number of nitriles is 1. The van der Waals surface area contributed by atoms with Gasteiger partial charge in [0.25, 0.3) is 0 Å². The van der Waals surface area contributed by atoms with Gasteiger partial charge in [0, 0.05) is 16.2 Å². The summed E-state index contributed by atoms with van der Waals surface area (Å²) in [5.41, 5.74) is -0.389. The van der Waals surface area contributed by atoms with E-state index in [0.717, 1.165) is 30.6 Å². The standard InChI is InChI=1S/C16H20Cl2N2S/c1-11(2)20-16(10-19)7-3-4-13(9-16)21-12-5-6-14(17)15(18)8-12/h5-6,8,11,13,20H,3-4,7,9H2,1-2H3. The molecule has 0 radical (unpaired) electrons. The Morgan fingerprint density at radius 1 is 1.38 bits per heavy atom. The summed E-state index contributed by atoms with van der Waals surface area (Å²) in [4.78, 5) is 1.12. The molecule has 2 nitrogen and oxygen atoms in total. The maximum atomic E-state index is 9.59. The van der Waals surface area contributed by atoms with E-state index in [1.165, 1.54) is 0 Å². The molecule has 1 aliphatic rings. The fourth-order valence-electron chi connectivity index (χ4n) is 2.89. The smallest absolute Gasteiger partial charge is 0.108 e. The monoisotopic (exact) mass is 342 g/mol. The molecule has 21 heavy (non-hydrogen) atoms. The van der Waals surface area contributed by atoms with Gasteiger partial charge in [-0.3, -0.25) is 5.32 Å². The Morgan fingerprint density at radius 3 is 2.76 bits per heavy atom. The minimum absolute atomic E-state index is 0.318. The Labute approximate surface area is 141 Å². The van der Waals surface area contributed by atoms with E-state index in [0.29, 0.717) is 21.3 Å². The zero-order chi connectivity index (χ0) is 15.5. The van der Waals surface area contributed by atoms with Crippen molar-refractivity contribution >= 4 is 35.0 Å². The van der Waals surface area contributed by atoms with Crippen molar-refractivity contribution < 1.29 is 0 Å². The Kier molecular flexibility index (Phi) is 5.85. The molecule has 5 heteroatoms. The molecule has 0 saturated heterocycles. The summed E-state index contributed by atoms with van der Waals surface area (Å²) in [6, 6.07) is 8.57. The van der Waals surface area contributed by atoms with E-state index in [2.05, 4.69) is 25.2 Å². The van der Waals surface area contributed by atoms with E-state index in [1.807, 2.05) is 18.2 Å². The van der Waals surface area contributed by atoms with Crippen LogP contribution in [0.2, 0.25) is 10.0 Å². The van der Waals surface area contributed by atoms with Crippen molar-refractivity contribution in [3.05, 3.63) is 28.2 Å². The van der Waals surface area contributed by atoms with Crippen molar-refractivity contribution in [3.63, 3.8) is 0 Å². The summed E-state index contributed by atoms with van der Waals surface area (Å²) in [6.45, 7) is 4.18. The van der Waals surface area contributed by atoms with Gasteiger partial charge in [-0.2, -0.15) is 5.26 Å². The van der Waals surface area contributed by atoms with Gasteiger partial charge in [-0.05, 0) is 57.7 Å². The molecule has 1 saturated carbocycles. The molecule has 1 N–H and O–H groups in total. The highest BCUT2D eigenvalue weighted by Crippen LogP contribution is 2.39. The topological polar surface area (TPSA) is 35.8 Å². The summed E-state index contributed by atoms with van der Waals surface area (Å²) in [5, 5.41) is 14.7. The molecule has 1 aliphatic carbocycles. The number of benzene rings is 1. The highest BCUT2D eigenvalue weighted by atomic mass is 35.5. The van der Waals surface area contributed by atoms with Crippen LogP contribution in [0.3, 0.4) is 0 Å². The first-order valence-electron chi connectivity index (χ1n) is 7.25. The second-order valence-corrected chi connectivity index (χ2v) is 8.09. The van der Waals surface area contributed by atoms with Gasteiger partial charge in [-0.1, -0.05) is 23.2 Å². The van der Waals surface area contributed by atoms with Crippen LogP contribution in [0, 0.1) is 11.3 Å². The first-order valence-corrected chi connectivity index (χ1v) is 8.88. The van der Waals surface area contributed by atoms with Crippen LogP contribution in [0.1, 0.15) is 39.5 Å². The van der Waals surface area contributed by atoms with Crippen LogP contribution in [-0.2, 0) is 0 Å². The first-order chi connectivity index (χ1) is 9.94. The summed E-state index contributed by atoms with van der Waals surface area (Å²) in [5.74, 6) is 0. The third-order valence-corrected chi connectivity index (χ3v) is 5.68. The lowest BCUT2D eigenvalue weighted by Gasteiger charge is -2.37. The van der Waals surface area contributed by atoms with E-state index in [9.17, 15) is 5.26 Å². The number of thioether (sulfide) groups is 1. The molecule has 0 spiro atoms. The summed E-state index contributed by atoms with van der Waals surface area (Å²) in [6.07, 6.45) is 4.01. The Balaban J connectivity index is 2.07. The van der Waals surface area contributed by atoms with Gasteiger partial charge in [-0.25, -0.2) is 0 Å². The maximum Gasteiger partial charge on any atom is 0.108 e. The second kappa shape index (κ2) is 7.24. The van der Waals surface area contributed by atoms with Crippen molar-refractivity contribution in [2.24, 2.45) is 0 Å². The van der Waals surface area contributed by atoms with Crippen molar-refractivity contribution in [3.8, 4) is 6.07 Å². The molecule has 2 rings (SSSR count). The number of hydrogen-bond donors (Lipinski definition) is 1. The van der Waals surface area contributed by atoms with E-state index in [4.69, 9.17) is 23.2 Å². The summed E-state index contributed by atoms with van der Waals surface area (Å²) in [7, 11) is 0. The largest absolute Gasteiger partial charge is 0.297 e. The summed E-state index contributed by atoms with van der Waals surface area (Å²) < 4.78 is 0. The molecule has 0 bridgehead atoms. The molecule has 0 amide bonds. The molecule has 1 fully saturated rings. The zero-order valence-electron chi connectivity index (χ0n) is 12.3. The molecular weight excluding hydrogens is 323 g/mol. The van der Waals surface area contributed by atoms with Crippen LogP contribution in [0.25, 0.3) is 0 Å². The van der Waals surface area contributed by atoms with E-state index >= 15 is 0 Å². The quantitative estimate of drug-likeness (QED) is 0.807. The molecule has 2 unspecified atom stereocenters. The third-order valence-electron chi connectivity index (χ3n) is 3.68. The number of nitrogens with one attached hydrogen (secondary N) is 1. The minimum Gasteiger partial charge on any atom is -0.297 e. The summed E-state index contributed by atoms with van der Waals surface area (Å²) >= 11 is 13.8. The van der Waals surface area contributed by atoms with Crippen LogP contribution in [0.4, 0.5) is 0 Å². The lowest BCUT2D eigenvalue weighted by atomic mass is 9.82. The number of hydrogen-bond acceptors (Lipinski definition) is 3. The van der Waals surface area contributed by atoms with Gasteiger partial charge in [0.15, 0.2) is 0 Å². The van der Waals surface area contributed by atoms with Crippen molar-refractivity contribution in [1.82, 2.24) is 5.32 Å². The van der Waals surface area contributed by atoms with E-state index in [1.54, 1.807) is 11.8 Å². The molecule has 0 heterocycles. The lowest BCUT2D eigenvalue weighted by Crippen LogP contribution is -2.51. The van der Waals surface area contributed by atoms with Crippen molar-refractivity contribution in [1.29, 1.82) is 5.26 Å². The van der Waals surface area contributed by atoms with Crippen LogP contribution in [0.15, 0.2) is 23.1 Å². The fourth-order valence-corrected chi connectivity index (χ4v) is 4.62. The van der Waals surface area contributed by atoms with Crippen LogP contribution in [-0.4, -0.2) is 16.8 Å². The number of rotatable bonds is 4. The molecule has 0 aliphatic heterocycles. The molecule has 0 aromatic heterocycles. The van der Waals surface area contributed by atoms with Crippen molar-refractivity contribution in [2.75, 3.05) is 0 Å². The Hall–Kier alpha value is -0.400. The van der Waals surface area contributed by atoms with E-state index < -0.39 is 0 Å². The fraction of sp³-hybridized carbons (Fsp3) is 0.562. The number of halogens is 2. The second-order valence-electron chi connectivity index (χ2n) is 5.91. The van der Waals surface area contributed by atoms with Gasteiger partial charge >= 0.3 is 0 Å². The van der Waals surface area contributed by atoms with Gasteiger partial charge in [0.05, 0.1) is 16.1 Å². The van der Waals surface area contributed by atoms with Gasteiger partial charge in [0.1, 0.15) is 5.54 Å². The average molecular weight is 343 g/mol. The normalized spacial score (nSPS) is 25.8. The van der Waals surface area contributed by atoms with Crippen LogP contribution >= 0.6 is 35.0 Å². The van der Waals surface area contributed by atoms with Gasteiger partial charge in [-0.15, -0.1) is 11.8 Å². The SMILES string of the molecule is CC(C)NC1(C#N)CCCC(Sc2ccc(Cl)c(Cl)c2)C1. The number of nitrogens with zero attached hydrogens (tertiary/aromatic N) is 1. The average Bonchev–Trinajstić information content (AvgIpc) is 2.42. The highest BCUT2D eigenvalue weighted by Gasteiger charge is 2.37. The maximum absolute atomic E-state index is 9.59. The predicted molar refractivity (Wildman–Crippen MR) is 91.2 cm³/mol.